The highest BCUT2D eigenvalue weighted by molar-refractivity contribution is 4.76. The molecule has 1 heterocycles. The van der Waals surface area contributed by atoms with E-state index in [0.717, 1.165) is 19.5 Å². The molecule has 0 aromatic carbocycles. The van der Waals surface area contributed by atoms with E-state index >= 15 is 0 Å². The molecule has 1 aliphatic rings. The quantitative estimate of drug-likeness (QED) is 0.629. The summed E-state index contributed by atoms with van der Waals surface area (Å²) in [5.41, 5.74) is 0. The van der Waals surface area contributed by atoms with Crippen LogP contribution < -0.4 is 5.32 Å². The lowest BCUT2D eigenvalue weighted by Crippen LogP contribution is -2.44. The molecule has 1 atom stereocenters. The number of aliphatic hydroxyl groups is 1. The summed E-state index contributed by atoms with van der Waals surface area (Å²) in [6, 6.07) is 0.664. The molecule has 0 saturated carbocycles. The number of hydrogen-bond acceptors (Lipinski definition) is 3. The van der Waals surface area contributed by atoms with Gasteiger partial charge in [0, 0.05) is 25.7 Å². The van der Waals surface area contributed by atoms with Crippen molar-refractivity contribution in [1.82, 2.24) is 10.2 Å². The van der Waals surface area contributed by atoms with Crippen molar-refractivity contribution in [3.8, 4) is 0 Å². The maximum absolute atomic E-state index is 8.68. The van der Waals surface area contributed by atoms with Crippen LogP contribution in [0, 0.1) is 0 Å². The summed E-state index contributed by atoms with van der Waals surface area (Å²) in [7, 11) is 2.03. The average molecular weight is 172 g/mol. The van der Waals surface area contributed by atoms with Crippen molar-refractivity contribution in [3.05, 3.63) is 0 Å². The molecular formula is C9H20N2O. The molecule has 0 aromatic heterocycles. The minimum Gasteiger partial charge on any atom is -0.396 e. The topological polar surface area (TPSA) is 35.5 Å². The third-order valence-corrected chi connectivity index (χ3v) is 2.55. The predicted molar refractivity (Wildman–Crippen MR) is 50.2 cm³/mol. The van der Waals surface area contributed by atoms with Crippen molar-refractivity contribution in [2.75, 3.05) is 33.3 Å². The Morgan fingerprint density at radius 2 is 2.42 bits per heavy atom. The van der Waals surface area contributed by atoms with Gasteiger partial charge >= 0.3 is 0 Å². The van der Waals surface area contributed by atoms with Gasteiger partial charge < -0.3 is 15.3 Å². The zero-order valence-corrected chi connectivity index (χ0v) is 7.92. The molecule has 3 nitrogen and oxygen atoms in total. The van der Waals surface area contributed by atoms with Crippen molar-refractivity contribution < 1.29 is 5.11 Å². The minimum absolute atomic E-state index is 0.320. The molecular weight excluding hydrogens is 152 g/mol. The van der Waals surface area contributed by atoms with Crippen LogP contribution in [0.25, 0.3) is 0 Å². The Balaban J connectivity index is 2.16. The molecule has 1 rings (SSSR count). The van der Waals surface area contributed by atoms with Crippen LogP contribution in [-0.4, -0.2) is 49.3 Å². The second-order valence-electron chi connectivity index (χ2n) is 3.51. The first-order chi connectivity index (χ1) is 5.86. The Labute approximate surface area is 74.8 Å². The highest BCUT2D eigenvalue weighted by Crippen LogP contribution is 2.09. The Kier molecular flexibility index (Phi) is 4.58. The van der Waals surface area contributed by atoms with E-state index in [1.165, 1.54) is 19.4 Å². The molecule has 0 radical (unpaired) electrons. The molecule has 72 valence electrons. The molecule has 12 heavy (non-hydrogen) atoms. The highest BCUT2D eigenvalue weighted by Gasteiger charge is 2.17. The van der Waals surface area contributed by atoms with Gasteiger partial charge in [0.05, 0.1) is 0 Å². The van der Waals surface area contributed by atoms with Crippen molar-refractivity contribution in [3.63, 3.8) is 0 Å². The number of likely N-dealkylation sites (tertiary alicyclic amines) is 1. The van der Waals surface area contributed by atoms with Gasteiger partial charge in [0.15, 0.2) is 0 Å². The predicted octanol–water partition coefficient (Wildman–Crippen LogP) is 0.0526. The fourth-order valence-corrected chi connectivity index (χ4v) is 1.79. The Bertz CT molecular complexity index is 119. The normalized spacial score (nSPS) is 26.0. The summed E-state index contributed by atoms with van der Waals surface area (Å²) < 4.78 is 0. The molecule has 0 aliphatic carbocycles. The first-order valence-corrected chi connectivity index (χ1v) is 4.87. The summed E-state index contributed by atoms with van der Waals surface area (Å²) in [6.45, 7) is 3.73. The number of piperidine rings is 1. The van der Waals surface area contributed by atoms with E-state index < -0.39 is 0 Å². The second kappa shape index (κ2) is 5.51. The summed E-state index contributed by atoms with van der Waals surface area (Å²) in [5.74, 6) is 0. The maximum Gasteiger partial charge on any atom is 0.0443 e. The number of rotatable bonds is 4. The van der Waals surface area contributed by atoms with Crippen LogP contribution in [-0.2, 0) is 0 Å². The number of nitrogens with zero attached hydrogens (tertiary/aromatic N) is 1. The molecule has 1 fully saturated rings. The molecule has 1 saturated heterocycles. The molecule has 2 N–H and O–H groups in total. The summed E-state index contributed by atoms with van der Waals surface area (Å²) >= 11 is 0. The van der Waals surface area contributed by atoms with Crippen LogP contribution in [0.5, 0.6) is 0 Å². The van der Waals surface area contributed by atoms with Crippen molar-refractivity contribution in [2.24, 2.45) is 0 Å². The van der Waals surface area contributed by atoms with E-state index in [0.29, 0.717) is 12.6 Å². The molecule has 0 amide bonds. The fraction of sp³-hybridized carbons (Fsp3) is 1.00. The van der Waals surface area contributed by atoms with Crippen molar-refractivity contribution >= 4 is 0 Å². The number of nitrogens with one attached hydrogen (secondary N) is 1. The standard InChI is InChI=1S/C9H20N2O/c1-10-9-4-2-5-11(8-9)6-3-7-12/h9-10,12H,2-8H2,1H3. The second-order valence-corrected chi connectivity index (χ2v) is 3.51. The van der Waals surface area contributed by atoms with Crippen LogP contribution in [0.15, 0.2) is 0 Å². The van der Waals surface area contributed by atoms with Crippen LogP contribution in [0.1, 0.15) is 19.3 Å². The Hall–Kier alpha value is -0.120. The summed E-state index contributed by atoms with van der Waals surface area (Å²) in [4.78, 5) is 2.43. The van der Waals surface area contributed by atoms with Crippen LogP contribution >= 0.6 is 0 Å². The van der Waals surface area contributed by atoms with Gasteiger partial charge in [-0.15, -0.1) is 0 Å². The first kappa shape index (κ1) is 9.96. The van der Waals surface area contributed by atoms with Crippen molar-refractivity contribution in [2.45, 2.75) is 25.3 Å². The molecule has 0 bridgehead atoms. The maximum atomic E-state index is 8.68. The smallest absolute Gasteiger partial charge is 0.0443 e. The van der Waals surface area contributed by atoms with Crippen LogP contribution in [0.2, 0.25) is 0 Å². The van der Waals surface area contributed by atoms with Crippen LogP contribution in [0.3, 0.4) is 0 Å². The van der Waals surface area contributed by atoms with Gasteiger partial charge in [-0.2, -0.15) is 0 Å². The van der Waals surface area contributed by atoms with Gasteiger partial charge in [0.2, 0.25) is 0 Å². The Morgan fingerprint density at radius 1 is 1.58 bits per heavy atom. The lowest BCUT2D eigenvalue weighted by Gasteiger charge is -2.32. The highest BCUT2D eigenvalue weighted by atomic mass is 16.3. The largest absolute Gasteiger partial charge is 0.396 e. The number of hydrogen-bond donors (Lipinski definition) is 2. The molecule has 3 heteroatoms. The monoisotopic (exact) mass is 172 g/mol. The average Bonchev–Trinajstić information content (AvgIpc) is 2.15. The van der Waals surface area contributed by atoms with Crippen LogP contribution in [0.4, 0.5) is 0 Å². The van der Waals surface area contributed by atoms with E-state index in [9.17, 15) is 0 Å². The van der Waals surface area contributed by atoms with Crippen molar-refractivity contribution in [1.29, 1.82) is 0 Å². The molecule has 0 aromatic rings. The van der Waals surface area contributed by atoms with Gasteiger partial charge in [-0.1, -0.05) is 0 Å². The van der Waals surface area contributed by atoms with Gasteiger partial charge in [-0.05, 0) is 32.9 Å². The Morgan fingerprint density at radius 3 is 3.08 bits per heavy atom. The molecule has 1 aliphatic heterocycles. The summed E-state index contributed by atoms with van der Waals surface area (Å²) in [5, 5.41) is 12.0. The third-order valence-electron chi connectivity index (χ3n) is 2.55. The molecule has 1 unspecified atom stereocenters. The lowest BCUT2D eigenvalue weighted by molar-refractivity contribution is 0.175. The van der Waals surface area contributed by atoms with E-state index in [-0.39, 0.29) is 0 Å². The van der Waals surface area contributed by atoms with Gasteiger partial charge in [0.25, 0.3) is 0 Å². The number of likely N-dealkylation sites (N-methyl/N-ethyl adjacent to an activating group) is 1. The summed E-state index contributed by atoms with van der Waals surface area (Å²) in [6.07, 6.45) is 3.50. The molecule has 0 spiro atoms. The van der Waals surface area contributed by atoms with E-state index in [2.05, 4.69) is 10.2 Å². The zero-order valence-electron chi connectivity index (χ0n) is 7.92. The van der Waals surface area contributed by atoms with Gasteiger partial charge in [-0.3, -0.25) is 0 Å². The SMILES string of the molecule is CNC1CCCN(CCCO)C1. The first-order valence-electron chi connectivity index (χ1n) is 4.87. The van der Waals surface area contributed by atoms with Gasteiger partial charge in [0.1, 0.15) is 0 Å². The van der Waals surface area contributed by atoms with E-state index in [1.54, 1.807) is 0 Å². The zero-order chi connectivity index (χ0) is 8.81. The van der Waals surface area contributed by atoms with Gasteiger partial charge in [-0.25, -0.2) is 0 Å². The number of aliphatic hydroxyl groups excluding tert-OH is 1. The van der Waals surface area contributed by atoms with E-state index in [4.69, 9.17) is 5.11 Å². The fourth-order valence-electron chi connectivity index (χ4n) is 1.79. The minimum atomic E-state index is 0.320. The lowest BCUT2D eigenvalue weighted by atomic mass is 10.1. The third kappa shape index (κ3) is 3.09. The van der Waals surface area contributed by atoms with E-state index in [1.807, 2.05) is 7.05 Å².